The highest BCUT2D eigenvalue weighted by molar-refractivity contribution is 6.04. The number of nitrogens with one attached hydrogen (secondary N) is 3. The lowest BCUT2D eigenvalue weighted by Gasteiger charge is -2.26. The fourth-order valence-corrected chi connectivity index (χ4v) is 4.25. The van der Waals surface area contributed by atoms with Gasteiger partial charge in [-0.2, -0.15) is 0 Å². The van der Waals surface area contributed by atoms with Crippen LogP contribution in [-0.4, -0.2) is 57.4 Å². The molecule has 4 amide bonds. The lowest BCUT2D eigenvalue weighted by molar-refractivity contribution is -0.142. The summed E-state index contributed by atoms with van der Waals surface area (Å²) in [6.45, 7) is 2.35. The first-order valence-corrected chi connectivity index (χ1v) is 12.3. The third-order valence-electron chi connectivity index (χ3n) is 6.33. The quantitative estimate of drug-likeness (QED) is 0.362. The van der Waals surface area contributed by atoms with Crippen LogP contribution >= 0.6 is 0 Å². The molecule has 1 aliphatic rings. The molecule has 1 saturated heterocycles. The molecule has 2 heterocycles. The van der Waals surface area contributed by atoms with E-state index in [2.05, 4.69) is 20.9 Å². The number of benzene rings is 2. The Hall–Kier alpha value is -4.73. The van der Waals surface area contributed by atoms with Crippen molar-refractivity contribution >= 4 is 35.2 Å². The summed E-state index contributed by atoms with van der Waals surface area (Å²) < 4.78 is 0. The first-order chi connectivity index (χ1) is 18.3. The smallest absolute Gasteiger partial charge is 0.326 e. The van der Waals surface area contributed by atoms with E-state index in [1.165, 1.54) is 17.3 Å². The second-order valence-corrected chi connectivity index (χ2v) is 9.14. The van der Waals surface area contributed by atoms with E-state index in [0.717, 1.165) is 5.56 Å². The van der Waals surface area contributed by atoms with Crippen LogP contribution in [0, 0.1) is 6.92 Å². The van der Waals surface area contributed by atoms with E-state index < -0.39 is 30.0 Å². The van der Waals surface area contributed by atoms with Crippen molar-refractivity contribution in [2.75, 3.05) is 17.2 Å². The van der Waals surface area contributed by atoms with Crippen LogP contribution in [0.15, 0.2) is 73.1 Å². The first-order valence-electron chi connectivity index (χ1n) is 12.3. The zero-order valence-electron chi connectivity index (χ0n) is 20.9. The first kappa shape index (κ1) is 26.3. The number of urea groups is 1. The molecule has 1 aromatic heterocycles. The summed E-state index contributed by atoms with van der Waals surface area (Å²) in [7, 11) is 0. The molecule has 0 spiro atoms. The highest BCUT2D eigenvalue weighted by Crippen LogP contribution is 2.20. The van der Waals surface area contributed by atoms with Crippen molar-refractivity contribution in [3.8, 4) is 0 Å². The zero-order chi connectivity index (χ0) is 27.1. The molecule has 0 saturated carbocycles. The van der Waals surface area contributed by atoms with Crippen molar-refractivity contribution in [3.63, 3.8) is 0 Å². The topological polar surface area (TPSA) is 141 Å². The Morgan fingerprint density at radius 1 is 0.947 bits per heavy atom. The average Bonchev–Trinajstić information content (AvgIpc) is 3.41. The molecule has 0 radical (unpaired) electrons. The number of rotatable bonds is 8. The van der Waals surface area contributed by atoms with Gasteiger partial charge in [-0.1, -0.05) is 29.8 Å². The van der Waals surface area contributed by atoms with Crippen molar-refractivity contribution in [1.82, 2.24) is 15.2 Å². The maximum Gasteiger partial charge on any atom is 0.326 e. The Kier molecular flexibility index (Phi) is 8.32. The molecular formula is C28H29N5O5. The number of amides is 4. The van der Waals surface area contributed by atoms with Crippen molar-refractivity contribution in [2.45, 2.75) is 38.3 Å². The van der Waals surface area contributed by atoms with Gasteiger partial charge in [-0.05, 0) is 61.7 Å². The van der Waals surface area contributed by atoms with Crippen LogP contribution in [0.25, 0.3) is 0 Å². The second-order valence-electron chi connectivity index (χ2n) is 9.14. The maximum atomic E-state index is 13.0. The van der Waals surface area contributed by atoms with Gasteiger partial charge in [-0.15, -0.1) is 0 Å². The van der Waals surface area contributed by atoms with Gasteiger partial charge in [0.1, 0.15) is 12.1 Å². The largest absolute Gasteiger partial charge is 0.480 e. The number of carboxylic acids is 1. The molecule has 3 aromatic rings. The molecule has 0 aliphatic carbocycles. The lowest BCUT2D eigenvalue weighted by Crippen LogP contribution is -2.52. The van der Waals surface area contributed by atoms with E-state index in [4.69, 9.17) is 0 Å². The van der Waals surface area contributed by atoms with Gasteiger partial charge in [-0.3, -0.25) is 14.6 Å². The summed E-state index contributed by atoms with van der Waals surface area (Å²) in [6, 6.07) is 14.9. The monoisotopic (exact) mass is 515 g/mol. The van der Waals surface area contributed by atoms with Crippen LogP contribution in [0.2, 0.25) is 0 Å². The molecule has 196 valence electrons. The van der Waals surface area contributed by atoms with Gasteiger partial charge >= 0.3 is 12.0 Å². The average molecular weight is 516 g/mol. The number of carboxylic acid groups (broad SMARTS) is 1. The molecule has 2 atom stereocenters. The van der Waals surface area contributed by atoms with Gasteiger partial charge in [0.05, 0.1) is 0 Å². The summed E-state index contributed by atoms with van der Waals surface area (Å²) in [6.07, 6.45) is 4.19. The van der Waals surface area contributed by atoms with Crippen LogP contribution in [0.5, 0.6) is 0 Å². The van der Waals surface area contributed by atoms with Gasteiger partial charge in [0.25, 0.3) is 5.91 Å². The van der Waals surface area contributed by atoms with Crippen molar-refractivity contribution in [1.29, 1.82) is 0 Å². The van der Waals surface area contributed by atoms with Gasteiger partial charge in [-0.25, -0.2) is 9.59 Å². The summed E-state index contributed by atoms with van der Waals surface area (Å²) in [5.41, 5.74) is 3.36. The van der Waals surface area contributed by atoms with E-state index in [1.54, 1.807) is 48.5 Å². The molecule has 0 unspecified atom stereocenters. The standard InChI is InChI=1S/C28H29N5O5/c1-18-4-8-22(9-5-18)31-28(38)33-16-2-3-24(33)26(35)32-23(27(36)37)17-19-6-10-21(11-7-19)30-25(34)20-12-14-29-15-13-20/h4-15,23-24H,2-3,16-17H2,1H3,(H,30,34)(H,31,38)(H,32,35)(H,36,37)/t23-,24-/m0/s1. The van der Waals surface area contributed by atoms with Crippen molar-refractivity contribution < 1.29 is 24.3 Å². The molecule has 4 N–H and O–H groups in total. The fraction of sp³-hybridized carbons (Fsp3) is 0.250. The Balaban J connectivity index is 1.35. The molecule has 10 nitrogen and oxygen atoms in total. The molecular weight excluding hydrogens is 486 g/mol. The third-order valence-corrected chi connectivity index (χ3v) is 6.33. The SMILES string of the molecule is Cc1ccc(NC(=O)N2CCC[C@H]2C(=O)N[C@@H](Cc2ccc(NC(=O)c3ccncc3)cc2)C(=O)O)cc1. The number of anilines is 2. The molecule has 38 heavy (non-hydrogen) atoms. The summed E-state index contributed by atoms with van der Waals surface area (Å²) in [5.74, 6) is -1.97. The Morgan fingerprint density at radius 2 is 1.58 bits per heavy atom. The third kappa shape index (κ3) is 6.73. The van der Waals surface area contributed by atoms with E-state index in [1.807, 2.05) is 19.1 Å². The number of nitrogens with zero attached hydrogens (tertiary/aromatic N) is 2. The van der Waals surface area contributed by atoms with Crippen LogP contribution in [-0.2, 0) is 16.0 Å². The number of carbonyl (C=O) groups is 4. The molecule has 0 bridgehead atoms. The highest BCUT2D eigenvalue weighted by Gasteiger charge is 2.36. The number of hydrogen-bond acceptors (Lipinski definition) is 5. The molecule has 1 aliphatic heterocycles. The normalized spacial score (nSPS) is 15.4. The van der Waals surface area contributed by atoms with Gasteiger partial charge in [0, 0.05) is 42.3 Å². The van der Waals surface area contributed by atoms with E-state index in [-0.39, 0.29) is 12.3 Å². The predicted molar refractivity (Wildman–Crippen MR) is 142 cm³/mol. The second kappa shape index (κ2) is 12.0. The number of aliphatic carboxylic acids is 1. The van der Waals surface area contributed by atoms with Crippen LogP contribution in [0.3, 0.4) is 0 Å². The summed E-state index contributed by atoms with van der Waals surface area (Å²) >= 11 is 0. The van der Waals surface area contributed by atoms with Gasteiger partial charge in [0.2, 0.25) is 5.91 Å². The zero-order valence-corrected chi connectivity index (χ0v) is 20.9. The highest BCUT2D eigenvalue weighted by atomic mass is 16.4. The summed E-state index contributed by atoms with van der Waals surface area (Å²) in [5, 5.41) is 17.9. The predicted octanol–water partition coefficient (Wildman–Crippen LogP) is 3.45. The van der Waals surface area contributed by atoms with Crippen LogP contribution in [0.1, 0.15) is 34.3 Å². The maximum absolute atomic E-state index is 13.0. The van der Waals surface area contributed by atoms with Crippen molar-refractivity contribution in [2.24, 2.45) is 0 Å². The summed E-state index contributed by atoms with van der Waals surface area (Å²) in [4.78, 5) is 55.4. The number of pyridine rings is 1. The number of aryl methyl sites for hydroxylation is 1. The van der Waals surface area contributed by atoms with Gasteiger partial charge < -0.3 is 26.0 Å². The number of carbonyl (C=O) groups excluding carboxylic acids is 3. The molecule has 1 fully saturated rings. The molecule has 4 rings (SSSR count). The Labute approximate surface area is 220 Å². The van der Waals surface area contributed by atoms with E-state index >= 15 is 0 Å². The van der Waals surface area contributed by atoms with E-state index in [0.29, 0.717) is 41.9 Å². The van der Waals surface area contributed by atoms with Gasteiger partial charge in [0.15, 0.2) is 0 Å². The Morgan fingerprint density at radius 3 is 2.24 bits per heavy atom. The van der Waals surface area contributed by atoms with Crippen molar-refractivity contribution in [3.05, 3.63) is 89.7 Å². The Bertz CT molecular complexity index is 1300. The number of hydrogen-bond donors (Lipinski definition) is 4. The molecule has 10 heteroatoms. The minimum atomic E-state index is -1.18. The minimum absolute atomic E-state index is 0.0436. The fourth-order valence-electron chi connectivity index (χ4n) is 4.25. The van der Waals surface area contributed by atoms with Crippen LogP contribution in [0.4, 0.5) is 16.2 Å². The molecule has 2 aromatic carbocycles. The van der Waals surface area contributed by atoms with Crippen LogP contribution < -0.4 is 16.0 Å². The number of aromatic nitrogens is 1. The minimum Gasteiger partial charge on any atom is -0.480 e. The van der Waals surface area contributed by atoms with E-state index in [9.17, 15) is 24.3 Å². The number of likely N-dealkylation sites (tertiary alicyclic amines) is 1. The lowest BCUT2D eigenvalue weighted by atomic mass is 10.0.